The van der Waals surface area contributed by atoms with Crippen LogP contribution in [0.5, 0.6) is 0 Å². The zero-order valence-corrected chi connectivity index (χ0v) is 13.0. The molecule has 2 rings (SSSR count). The van der Waals surface area contributed by atoms with Crippen LogP contribution in [-0.2, 0) is 11.3 Å². The molecule has 110 valence electrons. The van der Waals surface area contributed by atoms with Crippen LogP contribution in [0.4, 0.5) is 4.39 Å². The smallest absolute Gasteiger partial charge is 0.128 e. The van der Waals surface area contributed by atoms with E-state index in [9.17, 15) is 4.39 Å². The van der Waals surface area contributed by atoms with E-state index >= 15 is 0 Å². The molecule has 2 aromatic rings. The van der Waals surface area contributed by atoms with Crippen LogP contribution in [0.1, 0.15) is 37.5 Å². The van der Waals surface area contributed by atoms with Gasteiger partial charge in [-0.05, 0) is 39.3 Å². The summed E-state index contributed by atoms with van der Waals surface area (Å²) in [7, 11) is 0. The number of aromatic nitrogens is 2. The molecule has 3 nitrogen and oxygen atoms in total. The Morgan fingerprint density at radius 2 is 2.10 bits per heavy atom. The van der Waals surface area contributed by atoms with E-state index in [0.717, 1.165) is 11.3 Å². The fourth-order valence-electron chi connectivity index (χ4n) is 2.36. The van der Waals surface area contributed by atoms with E-state index in [1.54, 1.807) is 6.92 Å². The molecule has 1 aromatic heterocycles. The number of benzene rings is 1. The topological polar surface area (TPSA) is 27.1 Å². The predicted molar refractivity (Wildman–Crippen MR) is 79.8 cm³/mol. The highest BCUT2D eigenvalue weighted by atomic mass is 35.5. The van der Waals surface area contributed by atoms with Crippen molar-refractivity contribution in [1.29, 1.82) is 0 Å². The fourth-order valence-corrected chi connectivity index (χ4v) is 2.53. The molecule has 1 aromatic carbocycles. The molecule has 0 N–H and O–H groups in total. The highest BCUT2D eigenvalue weighted by molar-refractivity contribution is 6.20. The third kappa shape index (κ3) is 2.96. The minimum Gasteiger partial charge on any atom is -0.377 e. The Labute approximate surface area is 123 Å². The Bertz CT molecular complexity index is 609. The number of fused-ring (bicyclic) bond motifs is 1. The van der Waals surface area contributed by atoms with Crippen molar-refractivity contribution < 1.29 is 9.13 Å². The largest absolute Gasteiger partial charge is 0.377 e. The minimum absolute atomic E-state index is 0.0527. The van der Waals surface area contributed by atoms with E-state index in [1.165, 1.54) is 6.07 Å². The van der Waals surface area contributed by atoms with Crippen LogP contribution in [0.25, 0.3) is 11.0 Å². The molecule has 0 bridgehead atoms. The van der Waals surface area contributed by atoms with Gasteiger partial charge in [0, 0.05) is 12.7 Å². The standard InChI is InChI=1S/C15H20ClFN2O/c1-5-20-10(3)8-19-14-6-9(2)12(17)7-13(14)18-15(19)11(4)16/h6-7,10-11H,5,8H2,1-4H3. The maximum atomic E-state index is 13.7. The number of hydrogen-bond acceptors (Lipinski definition) is 2. The van der Waals surface area contributed by atoms with Crippen molar-refractivity contribution in [2.24, 2.45) is 0 Å². The Morgan fingerprint density at radius 1 is 1.40 bits per heavy atom. The van der Waals surface area contributed by atoms with E-state index < -0.39 is 0 Å². The monoisotopic (exact) mass is 298 g/mol. The molecule has 0 aliphatic carbocycles. The Balaban J connectivity index is 2.53. The van der Waals surface area contributed by atoms with Crippen LogP contribution in [0.2, 0.25) is 0 Å². The zero-order chi connectivity index (χ0) is 14.9. The molecule has 0 spiro atoms. The lowest BCUT2D eigenvalue weighted by Crippen LogP contribution is -2.18. The molecule has 0 saturated carbocycles. The van der Waals surface area contributed by atoms with Gasteiger partial charge in [0.2, 0.25) is 0 Å². The summed E-state index contributed by atoms with van der Waals surface area (Å²) in [4.78, 5) is 4.46. The number of halogens is 2. The van der Waals surface area contributed by atoms with Crippen LogP contribution < -0.4 is 0 Å². The summed E-state index contributed by atoms with van der Waals surface area (Å²) in [6, 6.07) is 3.29. The van der Waals surface area contributed by atoms with Gasteiger partial charge in [0.25, 0.3) is 0 Å². The van der Waals surface area contributed by atoms with Gasteiger partial charge in [-0.2, -0.15) is 0 Å². The normalized spacial score (nSPS) is 14.7. The van der Waals surface area contributed by atoms with E-state index in [4.69, 9.17) is 16.3 Å². The van der Waals surface area contributed by atoms with Crippen molar-refractivity contribution in [3.8, 4) is 0 Å². The highest BCUT2D eigenvalue weighted by Gasteiger charge is 2.18. The summed E-state index contributed by atoms with van der Waals surface area (Å²) in [6.45, 7) is 8.91. The summed E-state index contributed by atoms with van der Waals surface area (Å²) < 4.78 is 21.3. The molecule has 2 unspecified atom stereocenters. The number of alkyl halides is 1. The number of ether oxygens (including phenoxy) is 1. The highest BCUT2D eigenvalue weighted by Crippen LogP contribution is 2.27. The molecule has 0 aliphatic rings. The average Bonchev–Trinajstić information content (AvgIpc) is 2.69. The van der Waals surface area contributed by atoms with Crippen molar-refractivity contribution in [1.82, 2.24) is 9.55 Å². The Morgan fingerprint density at radius 3 is 2.70 bits per heavy atom. The molecular formula is C15H20ClFN2O. The molecule has 0 aliphatic heterocycles. The number of rotatable bonds is 5. The molecule has 5 heteroatoms. The van der Waals surface area contributed by atoms with Crippen LogP contribution in [0.3, 0.4) is 0 Å². The van der Waals surface area contributed by atoms with E-state index in [0.29, 0.717) is 24.2 Å². The van der Waals surface area contributed by atoms with Gasteiger partial charge in [-0.15, -0.1) is 11.6 Å². The average molecular weight is 299 g/mol. The van der Waals surface area contributed by atoms with Gasteiger partial charge in [0.15, 0.2) is 0 Å². The van der Waals surface area contributed by atoms with Crippen molar-refractivity contribution >= 4 is 22.6 Å². The van der Waals surface area contributed by atoms with Crippen LogP contribution >= 0.6 is 11.6 Å². The maximum absolute atomic E-state index is 13.7. The lowest BCUT2D eigenvalue weighted by atomic mass is 10.2. The first-order valence-electron chi connectivity index (χ1n) is 6.86. The molecule has 0 saturated heterocycles. The van der Waals surface area contributed by atoms with E-state index in [-0.39, 0.29) is 17.3 Å². The lowest BCUT2D eigenvalue weighted by Gasteiger charge is -2.16. The van der Waals surface area contributed by atoms with Gasteiger partial charge in [-0.1, -0.05) is 0 Å². The second kappa shape index (κ2) is 6.10. The predicted octanol–water partition coefficient (Wildman–Crippen LogP) is 4.21. The third-order valence-electron chi connectivity index (χ3n) is 3.30. The zero-order valence-electron chi connectivity index (χ0n) is 12.3. The SMILES string of the molecule is CCOC(C)Cn1c(C(C)Cl)nc2cc(F)c(C)cc21. The molecule has 0 fully saturated rings. The second-order valence-electron chi connectivity index (χ2n) is 5.05. The molecule has 2 atom stereocenters. The van der Waals surface area contributed by atoms with E-state index in [2.05, 4.69) is 4.98 Å². The van der Waals surface area contributed by atoms with Gasteiger partial charge in [-0.25, -0.2) is 9.37 Å². The first kappa shape index (κ1) is 15.3. The quantitative estimate of drug-likeness (QED) is 0.773. The lowest BCUT2D eigenvalue weighted by molar-refractivity contribution is 0.0642. The number of aryl methyl sites for hydroxylation is 1. The maximum Gasteiger partial charge on any atom is 0.128 e. The first-order valence-corrected chi connectivity index (χ1v) is 7.29. The summed E-state index contributed by atoms with van der Waals surface area (Å²) in [5.41, 5.74) is 2.15. The number of nitrogens with zero attached hydrogens (tertiary/aromatic N) is 2. The second-order valence-corrected chi connectivity index (χ2v) is 5.71. The third-order valence-corrected chi connectivity index (χ3v) is 3.50. The number of imidazole rings is 1. The molecule has 1 heterocycles. The van der Waals surface area contributed by atoms with Gasteiger partial charge in [0.1, 0.15) is 11.6 Å². The van der Waals surface area contributed by atoms with Gasteiger partial charge in [-0.3, -0.25) is 0 Å². The van der Waals surface area contributed by atoms with Crippen LogP contribution in [0.15, 0.2) is 12.1 Å². The van der Waals surface area contributed by atoms with Crippen molar-refractivity contribution in [2.45, 2.75) is 45.7 Å². The Kier molecular flexibility index (Phi) is 4.66. The Hall–Kier alpha value is -1.13. The number of hydrogen-bond donors (Lipinski definition) is 0. The summed E-state index contributed by atoms with van der Waals surface area (Å²) in [5.74, 6) is 0.506. The summed E-state index contributed by atoms with van der Waals surface area (Å²) in [6.07, 6.45) is 0.0527. The van der Waals surface area contributed by atoms with E-state index in [1.807, 2.05) is 31.4 Å². The van der Waals surface area contributed by atoms with Gasteiger partial charge >= 0.3 is 0 Å². The molecule has 20 heavy (non-hydrogen) atoms. The fraction of sp³-hybridized carbons (Fsp3) is 0.533. The van der Waals surface area contributed by atoms with Gasteiger partial charge < -0.3 is 9.30 Å². The summed E-state index contributed by atoms with van der Waals surface area (Å²) in [5, 5.41) is -0.236. The van der Waals surface area contributed by atoms with Crippen LogP contribution in [-0.4, -0.2) is 22.3 Å². The molecule has 0 radical (unpaired) electrons. The molecule has 0 amide bonds. The van der Waals surface area contributed by atoms with Gasteiger partial charge in [0.05, 0.1) is 29.1 Å². The van der Waals surface area contributed by atoms with Crippen molar-refractivity contribution in [3.63, 3.8) is 0 Å². The van der Waals surface area contributed by atoms with Crippen molar-refractivity contribution in [2.75, 3.05) is 6.61 Å². The minimum atomic E-state index is -0.242. The van der Waals surface area contributed by atoms with Crippen molar-refractivity contribution in [3.05, 3.63) is 29.3 Å². The summed E-state index contributed by atoms with van der Waals surface area (Å²) >= 11 is 6.20. The molecular weight excluding hydrogens is 279 g/mol. The first-order chi connectivity index (χ1) is 9.43. The van der Waals surface area contributed by atoms with Crippen LogP contribution in [0, 0.1) is 12.7 Å².